The van der Waals surface area contributed by atoms with Gasteiger partial charge in [0, 0.05) is 31.3 Å². The monoisotopic (exact) mass is 564 g/mol. The molecular weight excluding hydrogens is 536 g/mol. The summed E-state index contributed by atoms with van der Waals surface area (Å²) >= 11 is 1.73. The maximum atomic E-state index is 14.3. The van der Waals surface area contributed by atoms with E-state index in [-0.39, 0.29) is 10.9 Å². The molecule has 0 fully saturated rings. The van der Waals surface area contributed by atoms with Crippen LogP contribution in [0.15, 0.2) is 104 Å². The maximum Gasteiger partial charge on any atom is 0.197 e. The number of hydrogen-bond donors (Lipinski definition) is 0. The third-order valence-electron chi connectivity index (χ3n) is 8.69. The van der Waals surface area contributed by atoms with Crippen molar-refractivity contribution in [2.24, 2.45) is 0 Å². The van der Waals surface area contributed by atoms with Crippen molar-refractivity contribution in [1.82, 2.24) is 4.40 Å². The Kier molecular flexibility index (Phi) is 5.35. The molecule has 8 rings (SSSR count). The summed E-state index contributed by atoms with van der Waals surface area (Å²) in [5, 5.41) is 2.47. The molecule has 1 aliphatic heterocycles. The number of aryl methyl sites for hydroxylation is 4. The minimum atomic E-state index is -0.0523. The zero-order chi connectivity index (χ0) is 28.9. The highest BCUT2D eigenvalue weighted by Gasteiger charge is 2.29. The van der Waals surface area contributed by atoms with Crippen molar-refractivity contribution in [2.45, 2.75) is 43.9 Å². The summed E-state index contributed by atoms with van der Waals surface area (Å²) in [4.78, 5) is 32.6. The molecule has 0 saturated heterocycles. The molecule has 204 valence electrons. The molecule has 0 bridgehead atoms. The first kappa shape index (κ1) is 25.1. The lowest BCUT2D eigenvalue weighted by Crippen LogP contribution is -2.19. The van der Waals surface area contributed by atoms with Gasteiger partial charge in [0.05, 0.1) is 33.6 Å². The Hall–Kier alpha value is -4.61. The molecule has 4 nitrogen and oxygen atoms in total. The number of hydrogen-bond acceptors (Lipinski definition) is 4. The Bertz CT molecular complexity index is 2380. The van der Waals surface area contributed by atoms with E-state index >= 15 is 0 Å². The Labute approximate surface area is 247 Å². The Morgan fingerprint density at radius 3 is 2.05 bits per heavy atom. The summed E-state index contributed by atoms with van der Waals surface area (Å²) in [6.45, 7) is 8.55. The number of rotatable bonds is 2. The lowest BCUT2D eigenvalue weighted by molar-refractivity contribution is 1.13. The zero-order valence-electron chi connectivity index (χ0n) is 23.9. The zero-order valence-corrected chi connectivity index (χ0v) is 24.7. The molecular formula is C37H28N2O2S. The first-order chi connectivity index (χ1) is 20.4. The molecule has 0 aliphatic carbocycles. The number of anilines is 3. The second-order valence-corrected chi connectivity index (χ2v) is 12.5. The van der Waals surface area contributed by atoms with Gasteiger partial charge in [-0.1, -0.05) is 60.6 Å². The topological polar surface area (TPSA) is 41.8 Å². The van der Waals surface area contributed by atoms with Gasteiger partial charge in [-0.05, 0) is 92.4 Å². The smallest absolute Gasteiger partial charge is 0.197 e. The van der Waals surface area contributed by atoms with Crippen LogP contribution in [0, 0.1) is 20.8 Å². The summed E-state index contributed by atoms with van der Waals surface area (Å²) in [6.07, 6.45) is 0.847. The molecule has 0 unspecified atom stereocenters. The molecule has 1 aliphatic rings. The first-order valence-electron chi connectivity index (χ1n) is 14.3. The third kappa shape index (κ3) is 3.37. The van der Waals surface area contributed by atoms with Crippen LogP contribution in [0.2, 0.25) is 0 Å². The predicted octanol–water partition coefficient (Wildman–Crippen LogP) is 8.98. The number of para-hydroxylation sites is 2. The van der Waals surface area contributed by atoms with Gasteiger partial charge < -0.3 is 9.30 Å². The first-order valence-corrected chi connectivity index (χ1v) is 15.2. The minimum Gasteiger partial charge on any atom is -0.308 e. The van der Waals surface area contributed by atoms with Crippen LogP contribution in [0.4, 0.5) is 17.1 Å². The third-order valence-corrected chi connectivity index (χ3v) is 9.80. The van der Waals surface area contributed by atoms with E-state index in [4.69, 9.17) is 0 Å². The van der Waals surface area contributed by atoms with E-state index in [1.807, 2.05) is 30.3 Å². The molecule has 0 N–H and O–H groups in total. The molecule has 0 saturated carbocycles. The van der Waals surface area contributed by atoms with E-state index in [9.17, 15) is 9.59 Å². The van der Waals surface area contributed by atoms with Crippen molar-refractivity contribution >= 4 is 66.9 Å². The van der Waals surface area contributed by atoms with E-state index in [0.29, 0.717) is 27.1 Å². The van der Waals surface area contributed by atoms with Crippen LogP contribution in [0.3, 0.4) is 0 Å². The van der Waals surface area contributed by atoms with Crippen molar-refractivity contribution in [3.8, 4) is 0 Å². The average Bonchev–Trinajstić information content (AvgIpc) is 2.99. The molecule has 2 aromatic heterocycles. The van der Waals surface area contributed by atoms with E-state index < -0.39 is 0 Å². The van der Waals surface area contributed by atoms with Gasteiger partial charge in [-0.25, -0.2) is 0 Å². The van der Waals surface area contributed by atoms with Crippen molar-refractivity contribution in [1.29, 1.82) is 0 Å². The van der Waals surface area contributed by atoms with Gasteiger partial charge in [-0.2, -0.15) is 0 Å². The number of benzene rings is 5. The van der Waals surface area contributed by atoms with Gasteiger partial charge in [0.15, 0.2) is 10.9 Å². The van der Waals surface area contributed by atoms with Gasteiger partial charge in [-0.15, -0.1) is 0 Å². The molecule has 0 amide bonds. The van der Waals surface area contributed by atoms with Gasteiger partial charge >= 0.3 is 0 Å². The van der Waals surface area contributed by atoms with Gasteiger partial charge in [0.2, 0.25) is 0 Å². The summed E-state index contributed by atoms with van der Waals surface area (Å²) in [7, 11) is 0. The second-order valence-electron chi connectivity index (χ2n) is 11.4. The molecule has 5 aromatic carbocycles. The van der Waals surface area contributed by atoms with Crippen molar-refractivity contribution in [2.75, 3.05) is 4.90 Å². The summed E-state index contributed by atoms with van der Waals surface area (Å²) in [6, 6.07) is 28.8. The minimum absolute atomic E-state index is 0.0255. The van der Waals surface area contributed by atoms with Crippen LogP contribution in [-0.2, 0) is 6.42 Å². The standard InChI is InChI=1S/C37H28N2O2S/c1-5-23-13-14-28-26(17-23)36(40)24-9-8-10-25-35(24)38(28)30-19-33-31(18-27(30)37(25)41)39(29-11-6-7-12-32(29)42-33)34-21(3)15-20(2)16-22(34)4/h6-19H,5H2,1-4H3. The fourth-order valence-electron chi connectivity index (χ4n) is 6.92. The SMILES string of the molecule is CCc1ccc2c(c1)c(=O)c1cccc3c(=O)c4cc5c(cc4n2c13)Sc1ccccc1N5c1c(C)cc(C)cc1C. The Balaban J connectivity index is 1.55. The van der Waals surface area contributed by atoms with Crippen molar-refractivity contribution in [3.63, 3.8) is 0 Å². The van der Waals surface area contributed by atoms with Gasteiger partial charge in [0.1, 0.15) is 0 Å². The highest BCUT2D eigenvalue weighted by Crippen LogP contribution is 2.53. The number of nitrogens with zero attached hydrogens (tertiary/aromatic N) is 2. The largest absolute Gasteiger partial charge is 0.308 e. The van der Waals surface area contributed by atoms with Crippen LogP contribution in [-0.4, -0.2) is 4.40 Å². The Morgan fingerprint density at radius 2 is 1.33 bits per heavy atom. The lowest BCUT2D eigenvalue weighted by Gasteiger charge is -2.35. The normalized spacial score (nSPS) is 12.9. The van der Waals surface area contributed by atoms with Crippen LogP contribution in [0.5, 0.6) is 0 Å². The molecule has 7 aromatic rings. The van der Waals surface area contributed by atoms with Crippen molar-refractivity contribution < 1.29 is 0 Å². The fraction of sp³-hybridized carbons (Fsp3) is 0.135. The average molecular weight is 565 g/mol. The Morgan fingerprint density at radius 1 is 0.643 bits per heavy atom. The second kappa shape index (κ2) is 8.94. The number of fused-ring (bicyclic) bond motifs is 6. The van der Waals surface area contributed by atoms with E-state index in [2.05, 4.69) is 91.6 Å². The fourth-order valence-corrected chi connectivity index (χ4v) is 7.99. The lowest BCUT2D eigenvalue weighted by atomic mass is 10.00. The molecule has 0 atom stereocenters. The maximum absolute atomic E-state index is 14.3. The molecule has 5 heteroatoms. The molecule has 0 radical (unpaired) electrons. The summed E-state index contributed by atoms with van der Waals surface area (Å²) < 4.78 is 2.14. The van der Waals surface area contributed by atoms with Crippen LogP contribution >= 0.6 is 11.8 Å². The van der Waals surface area contributed by atoms with E-state index in [1.165, 1.54) is 16.7 Å². The summed E-state index contributed by atoms with van der Waals surface area (Å²) in [5.41, 5.74) is 10.2. The summed E-state index contributed by atoms with van der Waals surface area (Å²) in [5.74, 6) is 0. The van der Waals surface area contributed by atoms with Crippen molar-refractivity contribution in [3.05, 3.63) is 128 Å². The number of pyridine rings is 2. The quantitative estimate of drug-likeness (QED) is 0.155. The van der Waals surface area contributed by atoms with Crippen LogP contribution in [0.1, 0.15) is 29.2 Å². The molecule has 42 heavy (non-hydrogen) atoms. The van der Waals surface area contributed by atoms with Gasteiger partial charge in [-0.3, -0.25) is 9.59 Å². The van der Waals surface area contributed by atoms with E-state index in [0.717, 1.165) is 49.9 Å². The van der Waals surface area contributed by atoms with Gasteiger partial charge in [0.25, 0.3) is 0 Å². The van der Waals surface area contributed by atoms with Crippen LogP contribution < -0.4 is 15.8 Å². The highest BCUT2D eigenvalue weighted by molar-refractivity contribution is 7.99. The van der Waals surface area contributed by atoms with E-state index in [1.54, 1.807) is 11.8 Å². The number of aromatic nitrogens is 1. The predicted molar refractivity (Wildman–Crippen MR) is 176 cm³/mol. The van der Waals surface area contributed by atoms with Crippen LogP contribution in [0.25, 0.3) is 38.1 Å². The molecule has 3 heterocycles. The molecule has 0 spiro atoms. The highest BCUT2D eigenvalue weighted by atomic mass is 32.2.